The van der Waals surface area contributed by atoms with Crippen molar-refractivity contribution in [2.24, 2.45) is 5.92 Å². The maximum absolute atomic E-state index is 12.4. The number of nitrogens with zero attached hydrogens (tertiary/aromatic N) is 2. The first-order valence-electron chi connectivity index (χ1n) is 6.38. The number of carbonyl (C=O) groups is 2. The first kappa shape index (κ1) is 13.6. The van der Waals surface area contributed by atoms with Crippen LogP contribution in [0.1, 0.15) is 38.6 Å². The van der Waals surface area contributed by atoms with E-state index < -0.39 is 5.54 Å². The summed E-state index contributed by atoms with van der Waals surface area (Å²) in [6, 6.07) is 1.35. The van der Waals surface area contributed by atoms with Crippen molar-refractivity contribution in [2.75, 3.05) is 0 Å². The molecule has 1 fully saturated rings. The van der Waals surface area contributed by atoms with Gasteiger partial charge in [0.25, 0.3) is 5.91 Å². The number of aryl methyl sites for hydroxylation is 1. The molecule has 3 amide bonds. The van der Waals surface area contributed by atoms with Crippen LogP contribution >= 0.6 is 0 Å². The fourth-order valence-electron chi connectivity index (χ4n) is 2.50. The standard InChI is InChI=1S/C13H19N3O3/c1-8(2)6-13(4)11(17)16(12(18)14-13)7-10-5-9(3)19-15-10/h5,8H,6-7H2,1-4H3,(H,14,18)/t13-/m1/s1. The first-order chi connectivity index (χ1) is 8.82. The Morgan fingerprint density at radius 1 is 1.47 bits per heavy atom. The molecule has 0 aromatic carbocycles. The van der Waals surface area contributed by atoms with E-state index in [1.54, 1.807) is 19.9 Å². The van der Waals surface area contributed by atoms with Gasteiger partial charge in [0.1, 0.15) is 17.0 Å². The third-order valence-electron chi connectivity index (χ3n) is 3.16. The van der Waals surface area contributed by atoms with Crippen LogP contribution in [0.4, 0.5) is 4.79 Å². The minimum absolute atomic E-state index is 0.149. The van der Waals surface area contributed by atoms with E-state index in [4.69, 9.17) is 4.52 Å². The Balaban J connectivity index is 2.14. The Morgan fingerprint density at radius 3 is 2.68 bits per heavy atom. The van der Waals surface area contributed by atoms with Crippen molar-refractivity contribution >= 4 is 11.9 Å². The zero-order valence-electron chi connectivity index (χ0n) is 11.7. The molecule has 1 aliphatic rings. The smallest absolute Gasteiger partial charge is 0.325 e. The Morgan fingerprint density at radius 2 is 2.16 bits per heavy atom. The average Bonchev–Trinajstić information content (AvgIpc) is 2.76. The van der Waals surface area contributed by atoms with E-state index in [1.807, 2.05) is 13.8 Å². The van der Waals surface area contributed by atoms with Crippen molar-refractivity contribution in [3.05, 3.63) is 17.5 Å². The molecule has 1 saturated heterocycles. The summed E-state index contributed by atoms with van der Waals surface area (Å²) in [6.07, 6.45) is 0.617. The molecule has 1 N–H and O–H groups in total. The van der Waals surface area contributed by atoms with Gasteiger partial charge >= 0.3 is 6.03 Å². The SMILES string of the molecule is Cc1cc(CN2C(=O)N[C@](C)(CC(C)C)C2=O)no1. The number of rotatable bonds is 4. The number of nitrogens with one attached hydrogen (secondary N) is 1. The molecule has 6 nitrogen and oxygen atoms in total. The number of hydrogen-bond acceptors (Lipinski definition) is 4. The molecular weight excluding hydrogens is 246 g/mol. The van der Waals surface area contributed by atoms with E-state index in [0.29, 0.717) is 23.8 Å². The lowest BCUT2D eigenvalue weighted by atomic mass is 9.91. The average molecular weight is 265 g/mol. The summed E-state index contributed by atoms with van der Waals surface area (Å²) in [5, 5.41) is 6.58. The normalized spacial score (nSPS) is 23.3. The molecule has 104 valence electrons. The van der Waals surface area contributed by atoms with Crippen LogP contribution in [0.15, 0.2) is 10.6 Å². The fraction of sp³-hybridized carbons (Fsp3) is 0.615. The molecule has 0 saturated carbocycles. The number of urea groups is 1. The summed E-state index contributed by atoms with van der Waals surface area (Å²) in [4.78, 5) is 25.5. The maximum Gasteiger partial charge on any atom is 0.325 e. The highest BCUT2D eigenvalue weighted by atomic mass is 16.5. The monoisotopic (exact) mass is 265 g/mol. The lowest BCUT2D eigenvalue weighted by Crippen LogP contribution is -2.44. The predicted octanol–water partition coefficient (Wildman–Crippen LogP) is 1.84. The lowest BCUT2D eigenvalue weighted by molar-refractivity contribution is -0.131. The molecule has 0 radical (unpaired) electrons. The highest BCUT2D eigenvalue weighted by Gasteiger charge is 2.47. The summed E-state index contributed by atoms with van der Waals surface area (Å²) in [5.41, 5.74) is -0.237. The second-order valence-electron chi connectivity index (χ2n) is 5.68. The van der Waals surface area contributed by atoms with Crippen LogP contribution in [-0.4, -0.2) is 27.5 Å². The van der Waals surface area contributed by atoms with E-state index in [2.05, 4.69) is 10.5 Å². The molecule has 1 atom stereocenters. The molecule has 0 unspecified atom stereocenters. The van der Waals surface area contributed by atoms with E-state index in [9.17, 15) is 9.59 Å². The number of imide groups is 1. The van der Waals surface area contributed by atoms with Crippen LogP contribution in [-0.2, 0) is 11.3 Å². The van der Waals surface area contributed by atoms with E-state index in [-0.39, 0.29) is 18.5 Å². The van der Waals surface area contributed by atoms with Crippen LogP contribution in [0, 0.1) is 12.8 Å². The number of hydrogen-bond donors (Lipinski definition) is 1. The summed E-state index contributed by atoms with van der Waals surface area (Å²) in [6.45, 7) is 7.73. The van der Waals surface area contributed by atoms with E-state index in [1.165, 1.54) is 4.90 Å². The topological polar surface area (TPSA) is 75.4 Å². The van der Waals surface area contributed by atoms with Gasteiger partial charge in [0.2, 0.25) is 0 Å². The minimum atomic E-state index is -0.815. The van der Waals surface area contributed by atoms with Crippen molar-refractivity contribution in [3.63, 3.8) is 0 Å². The largest absolute Gasteiger partial charge is 0.361 e. The lowest BCUT2D eigenvalue weighted by Gasteiger charge is -2.23. The Bertz CT molecular complexity index is 509. The van der Waals surface area contributed by atoms with Crippen molar-refractivity contribution in [3.8, 4) is 0 Å². The summed E-state index contributed by atoms with van der Waals surface area (Å²) >= 11 is 0. The van der Waals surface area contributed by atoms with Crippen LogP contribution in [0.2, 0.25) is 0 Å². The molecule has 0 bridgehead atoms. The second kappa shape index (κ2) is 4.68. The van der Waals surface area contributed by atoms with E-state index in [0.717, 1.165) is 0 Å². The maximum atomic E-state index is 12.4. The molecule has 0 spiro atoms. The molecule has 1 aromatic heterocycles. The van der Waals surface area contributed by atoms with Crippen LogP contribution in [0.3, 0.4) is 0 Å². The molecular formula is C13H19N3O3. The van der Waals surface area contributed by atoms with Gasteiger partial charge in [-0.05, 0) is 26.2 Å². The van der Waals surface area contributed by atoms with Crippen molar-refractivity contribution in [1.82, 2.24) is 15.4 Å². The molecule has 19 heavy (non-hydrogen) atoms. The highest BCUT2D eigenvalue weighted by molar-refractivity contribution is 6.06. The molecule has 0 aliphatic carbocycles. The third kappa shape index (κ3) is 2.62. The number of amides is 3. The van der Waals surface area contributed by atoms with Crippen LogP contribution in [0.5, 0.6) is 0 Å². The van der Waals surface area contributed by atoms with Crippen molar-refractivity contribution < 1.29 is 14.1 Å². The zero-order chi connectivity index (χ0) is 14.2. The molecule has 6 heteroatoms. The Labute approximate surface area is 112 Å². The van der Waals surface area contributed by atoms with Gasteiger partial charge in [-0.15, -0.1) is 0 Å². The van der Waals surface area contributed by atoms with Crippen molar-refractivity contribution in [2.45, 2.75) is 46.2 Å². The number of carbonyl (C=O) groups excluding carboxylic acids is 2. The van der Waals surface area contributed by atoms with Gasteiger partial charge in [-0.1, -0.05) is 19.0 Å². The Hall–Kier alpha value is -1.85. The van der Waals surface area contributed by atoms with Gasteiger partial charge in [0.05, 0.1) is 6.54 Å². The molecule has 1 aliphatic heterocycles. The van der Waals surface area contributed by atoms with Gasteiger partial charge in [-0.3, -0.25) is 9.69 Å². The third-order valence-corrected chi connectivity index (χ3v) is 3.16. The first-order valence-corrected chi connectivity index (χ1v) is 6.38. The van der Waals surface area contributed by atoms with Gasteiger partial charge in [0, 0.05) is 6.07 Å². The summed E-state index contributed by atoms with van der Waals surface area (Å²) in [5.74, 6) is 0.780. The van der Waals surface area contributed by atoms with Gasteiger partial charge in [-0.2, -0.15) is 0 Å². The van der Waals surface area contributed by atoms with Gasteiger partial charge in [-0.25, -0.2) is 4.79 Å². The second-order valence-corrected chi connectivity index (χ2v) is 5.68. The zero-order valence-corrected chi connectivity index (χ0v) is 11.7. The molecule has 2 heterocycles. The van der Waals surface area contributed by atoms with Gasteiger partial charge in [0.15, 0.2) is 0 Å². The Kier molecular flexibility index (Phi) is 3.34. The molecule has 1 aromatic rings. The molecule has 2 rings (SSSR count). The van der Waals surface area contributed by atoms with Crippen LogP contribution in [0.25, 0.3) is 0 Å². The summed E-state index contributed by atoms with van der Waals surface area (Å²) < 4.78 is 4.94. The quantitative estimate of drug-likeness (QED) is 0.843. The van der Waals surface area contributed by atoms with E-state index >= 15 is 0 Å². The number of aromatic nitrogens is 1. The summed E-state index contributed by atoms with van der Waals surface area (Å²) in [7, 11) is 0. The van der Waals surface area contributed by atoms with Crippen molar-refractivity contribution in [1.29, 1.82) is 0 Å². The van der Waals surface area contributed by atoms with Crippen LogP contribution < -0.4 is 5.32 Å². The predicted molar refractivity (Wildman–Crippen MR) is 68.2 cm³/mol. The van der Waals surface area contributed by atoms with Gasteiger partial charge < -0.3 is 9.84 Å². The highest BCUT2D eigenvalue weighted by Crippen LogP contribution is 2.26. The minimum Gasteiger partial charge on any atom is -0.361 e. The fourth-order valence-corrected chi connectivity index (χ4v) is 2.50.